The van der Waals surface area contributed by atoms with Gasteiger partial charge in [0.05, 0.1) is 0 Å². The normalized spacial score (nSPS) is 11.0. The van der Waals surface area contributed by atoms with Gasteiger partial charge in [0.25, 0.3) is 0 Å². The summed E-state index contributed by atoms with van der Waals surface area (Å²) in [4.78, 5) is 0. The fraction of sp³-hybridized carbons (Fsp3) is 0.944. The summed E-state index contributed by atoms with van der Waals surface area (Å²) in [7, 11) is 0. The summed E-state index contributed by atoms with van der Waals surface area (Å²) in [6.45, 7) is 4.57. The molecule has 0 nitrogen and oxygen atoms in total. The molecule has 0 heterocycles. The third-order valence-corrected chi connectivity index (χ3v) is 3.77. The highest BCUT2D eigenvalue weighted by Gasteiger charge is 1.93. The lowest BCUT2D eigenvalue weighted by atomic mass is 10.0. The summed E-state index contributed by atoms with van der Waals surface area (Å²) in [6.07, 6.45) is 23.9. The van der Waals surface area contributed by atoms with Crippen LogP contribution in [0.15, 0.2) is 0 Å². The Morgan fingerprint density at radius 2 is 0.833 bits per heavy atom. The number of rotatable bonds is 15. The lowest BCUT2D eigenvalue weighted by Crippen LogP contribution is -1.83. The van der Waals surface area contributed by atoms with Crippen molar-refractivity contribution < 1.29 is 0 Å². The summed E-state index contributed by atoms with van der Waals surface area (Å²) in [5.41, 5.74) is 0. The van der Waals surface area contributed by atoms with Crippen LogP contribution < -0.4 is 0 Å². The molecule has 0 unspecified atom stereocenters. The summed E-state index contributed by atoms with van der Waals surface area (Å²) in [5, 5.41) is 0. The van der Waals surface area contributed by atoms with Gasteiger partial charge in [0, 0.05) is 0 Å². The highest BCUT2D eigenvalue weighted by atomic mass is 14.0. The van der Waals surface area contributed by atoms with Gasteiger partial charge in [0.15, 0.2) is 0 Å². The van der Waals surface area contributed by atoms with Crippen molar-refractivity contribution in [1.82, 2.24) is 0 Å². The Kier molecular flexibility index (Phi) is 17.0. The Bertz CT molecular complexity index is 112. The zero-order chi connectivity index (χ0) is 13.3. The number of hydrogen-bond acceptors (Lipinski definition) is 0. The summed E-state index contributed by atoms with van der Waals surface area (Å²) >= 11 is 0. The fourth-order valence-electron chi connectivity index (χ4n) is 2.45. The zero-order valence-corrected chi connectivity index (χ0v) is 13.2. The first kappa shape index (κ1) is 18.0. The van der Waals surface area contributed by atoms with Crippen LogP contribution in [0, 0.1) is 6.42 Å². The van der Waals surface area contributed by atoms with E-state index >= 15 is 0 Å². The summed E-state index contributed by atoms with van der Waals surface area (Å²) in [6, 6.07) is 0. The first-order valence-electron chi connectivity index (χ1n) is 8.73. The zero-order valence-electron chi connectivity index (χ0n) is 13.2. The SMILES string of the molecule is CCCC[CH]CCCCCCCCCCCCC. The summed E-state index contributed by atoms with van der Waals surface area (Å²) in [5.74, 6) is 0. The molecule has 0 aromatic rings. The highest BCUT2D eigenvalue weighted by Crippen LogP contribution is 2.13. The van der Waals surface area contributed by atoms with Crippen LogP contribution in [0.3, 0.4) is 0 Å². The van der Waals surface area contributed by atoms with Gasteiger partial charge in [-0.1, -0.05) is 110 Å². The second kappa shape index (κ2) is 17.0. The van der Waals surface area contributed by atoms with Gasteiger partial charge >= 0.3 is 0 Å². The van der Waals surface area contributed by atoms with E-state index in [0.29, 0.717) is 0 Å². The van der Waals surface area contributed by atoms with Crippen LogP contribution in [-0.2, 0) is 0 Å². The largest absolute Gasteiger partial charge is 0.0654 e. The van der Waals surface area contributed by atoms with E-state index < -0.39 is 0 Å². The Morgan fingerprint density at radius 1 is 0.444 bits per heavy atom. The molecule has 0 aliphatic rings. The van der Waals surface area contributed by atoms with Crippen molar-refractivity contribution in [1.29, 1.82) is 0 Å². The molecule has 0 aromatic carbocycles. The average molecular weight is 253 g/mol. The molecular weight excluding hydrogens is 216 g/mol. The average Bonchev–Trinajstić information content (AvgIpc) is 2.39. The quantitative estimate of drug-likeness (QED) is 0.273. The van der Waals surface area contributed by atoms with Gasteiger partial charge in [-0.25, -0.2) is 0 Å². The maximum absolute atomic E-state index is 2.50. The van der Waals surface area contributed by atoms with Gasteiger partial charge in [0.1, 0.15) is 0 Å². The molecule has 0 spiro atoms. The second-order valence-corrected chi connectivity index (χ2v) is 5.76. The van der Waals surface area contributed by atoms with Gasteiger partial charge in [-0.05, 0) is 6.42 Å². The van der Waals surface area contributed by atoms with Crippen molar-refractivity contribution in [2.24, 2.45) is 0 Å². The van der Waals surface area contributed by atoms with Gasteiger partial charge in [-0.15, -0.1) is 0 Å². The lowest BCUT2D eigenvalue weighted by Gasteiger charge is -2.02. The predicted molar refractivity (Wildman–Crippen MR) is 84.9 cm³/mol. The highest BCUT2D eigenvalue weighted by molar-refractivity contribution is 4.63. The summed E-state index contributed by atoms with van der Waals surface area (Å²) < 4.78 is 0. The van der Waals surface area contributed by atoms with Crippen molar-refractivity contribution in [3.63, 3.8) is 0 Å². The van der Waals surface area contributed by atoms with E-state index in [1.807, 2.05) is 0 Å². The molecule has 0 heteroatoms. The van der Waals surface area contributed by atoms with E-state index in [9.17, 15) is 0 Å². The monoisotopic (exact) mass is 253 g/mol. The van der Waals surface area contributed by atoms with Crippen molar-refractivity contribution in [3.05, 3.63) is 6.42 Å². The van der Waals surface area contributed by atoms with E-state index in [2.05, 4.69) is 20.3 Å². The molecule has 109 valence electrons. The minimum atomic E-state index is 1.34. The Balaban J connectivity index is 2.86. The molecule has 18 heavy (non-hydrogen) atoms. The third kappa shape index (κ3) is 16.0. The molecule has 0 rings (SSSR count). The molecule has 0 amide bonds. The van der Waals surface area contributed by atoms with Gasteiger partial charge in [-0.3, -0.25) is 0 Å². The molecule has 0 bridgehead atoms. The predicted octanol–water partition coefficient (Wildman–Crippen LogP) is 7.08. The maximum Gasteiger partial charge on any atom is -0.0386 e. The maximum atomic E-state index is 2.50. The Morgan fingerprint density at radius 3 is 1.33 bits per heavy atom. The molecule has 1 radical (unpaired) electrons. The van der Waals surface area contributed by atoms with Crippen LogP contribution >= 0.6 is 0 Å². The standard InChI is InChI=1S/C18H37/c1-3-5-7-9-11-13-15-17-18-16-14-12-10-8-6-4-2/h9H,3-8,10-18H2,1-2H3. The number of hydrogen-bond donors (Lipinski definition) is 0. The van der Waals surface area contributed by atoms with Gasteiger partial charge in [-0.2, -0.15) is 0 Å². The van der Waals surface area contributed by atoms with Crippen molar-refractivity contribution in [2.45, 2.75) is 110 Å². The molecular formula is C18H37. The van der Waals surface area contributed by atoms with Crippen molar-refractivity contribution in [3.8, 4) is 0 Å². The van der Waals surface area contributed by atoms with E-state index in [-0.39, 0.29) is 0 Å². The molecule has 0 aliphatic heterocycles. The van der Waals surface area contributed by atoms with Crippen molar-refractivity contribution in [2.75, 3.05) is 0 Å². The van der Waals surface area contributed by atoms with E-state index in [4.69, 9.17) is 0 Å². The smallest absolute Gasteiger partial charge is 0.0386 e. The van der Waals surface area contributed by atoms with E-state index in [0.717, 1.165) is 0 Å². The Labute approximate surface area is 117 Å². The topological polar surface area (TPSA) is 0 Å². The van der Waals surface area contributed by atoms with Crippen LogP contribution in [0.1, 0.15) is 110 Å². The second-order valence-electron chi connectivity index (χ2n) is 5.76. The molecule has 0 N–H and O–H groups in total. The van der Waals surface area contributed by atoms with Crippen LogP contribution in [0.2, 0.25) is 0 Å². The van der Waals surface area contributed by atoms with Crippen LogP contribution in [0.4, 0.5) is 0 Å². The first-order valence-corrected chi connectivity index (χ1v) is 8.73. The molecule has 0 saturated carbocycles. The minimum Gasteiger partial charge on any atom is -0.0654 e. The fourth-order valence-corrected chi connectivity index (χ4v) is 2.45. The first-order chi connectivity index (χ1) is 8.91. The minimum absolute atomic E-state index is 1.34. The lowest BCUT2D eigenvalue weighted by molar-refractivity contribution is 0.547. The van der Waals surface area contributed by atoms with Crippen LogP contribution in [-0.4, -0.2) is 0 Å². The number of unbranched alkanes of at least 4 members (excludes halogenated alkanes) is 15. The van der Waals surface area contributed by atoms with E-state index in [1.165, 1.54) is 96.3 Å². The molecule has 0 atom stereocenters. The van der Waals surface area contributed by atoms with Crippen LogP contribution in [0.25, 0.3) is 0 Å². The van der Waals surface area contributed by atoms with E-state index in [1.54, 1.807) is 0 Å². The third-order valence-electron chi connectivity index (χ3n) is 3.77. The molecule has 0 saturated heterocycles. The van der Waals surface area contributed by atoms with Gasteiger partial charge in [0.2, 0.25) is 0 Å². The van der Waals surface area contributed by atoms with Gasteiger partial charge < -0.3 is 0 Å². The van der Waals surface area contributed by atoms with Crippen molar-refractivity contribution >= 4 is 0 Å². The van der Waals surface area contributed by atoms with Crippen LogP contribution in [0.5, 0.6) is 0 Å². The molecule has 0 aromatic heterocycles. The molecule has 0 fully saturated rings. The molecule has 0 aliphatic carbocycles. The Hall–Kier alpha value is 0.